The van der Waals surface area contributed by atoms with Gasteiger partial charge in [0.1, 0.15) is 5.69 Å². The molecule has 4 aromatic rings. The molecule has 13 heteroatoms. The maximum Gasteiger partial charge on any atom is 0.343 e. The molecule has 11 nitrogen and oxygen atoms in total. The molecule has 1 aromatic heterocycles. The minimum atomic E-state index is -0.801. The van der Waals surface area contributed by atoms with E-state index in [1.807, 2.05) is 18.2 Å². The van der Waals surface area contributed by atoms with Crippen molar-refractivity contribution in [1.82, 2.24) is 9.36 Å². The highest BCUT2D eigenvalue weighted by atomic mass is 32.2. The summed E-state index contributed by atoms with van der Waals surface area (Å²) in [7, 11) is 3.12. The largest absolute Gasteiger partial charge is 0.493 e. The Morgan fingerprint density at radius 3 is 2.45 bits per heavy atom. The SMILES string of the molecule is COc1cc(C=C2SC(=S)N(c3c(C)n(C)n(-c4ccccc4)c3=O)C2=O)ccc1OC(=O)c1cccc([N+](=O)[O-])c1. The molecule has 0 bridgehead atoms. The van der Waals surface area contributed by atoms with Crippen LogP contribution in [0.25, 0.3) is 11.8 Å². The van der Waals surface area contributed by atoms with Crippen molar-refractivity contribution in [3.8, 4) is 17.2 Å². The molecule has 1 amide bonds. The van der Waals surface area contributed by atoms with Gasteiger partial charge in [0.2, 0.25) is 0 Å². The van der Waals surface area contributed by atoms with Gasteiger partial charge in [0, 0.05) is 19.2 Å². The first-order valence-electron chi connectivity index (χ1n) is 12.4. The summed E-state index contributed by atoms with van der Waals surface area (Å²) in [6, 6.07) is 18.9. The molecule has 0 radical (unpaired) electrons. The van der Waals surface area contributed by atoms with Crippen molar-refractivity contribution in [2.75, 3.05) is 12.0 Å². The molecular formula is C29H22N4O7S2. The standard InChI is InChI=1S/C29H22N4O7S2/c1-17-25(27(35)32(30(17)2)20-9-5-4-6-10-20)31-26(34)24(42-29(31)41)15-18-12-13-22(23(14-18)39-3)40-28(36)19-8-7-11-21(16-19)33(37)38/h4-16H,1-3H3. The second-order valence-electron chi connectivity index (χ2n) is 9.03. The van der Waals surface area contributed by atoms with Crippen LogP contribution in [0.4, 0.5) is 11.4 Å². The second kappa shape index (κ2) is 11.5. The Morgan fingerprint density at radius 2 is 1.76 bits per heavy atom. The van der Waals surface area contributed by atoms with Crippen molar-refractivity contribution < 1.29 is 24.0 Å². The zero-order valence-electron chi connectivity index (χ0n) is 22.5. The van der Waals surface area contributed by atoms with Crippen LogP contribution < -0.4 is 19.9 Å². The van der Waals surface area contributed by atoms with E-state index in [0.717, 1.165) is 17.8 Å². The Hall–Kier alpha value is -5.01. The lowest BCUT2D eigenvalue weighted by Gasteiger charge is -2.12. The zero-order valence-corrected chi connectivity index (χ0v) is 24.1. The van der Waals surface area contributed by atoms with E-state index >= 15 is 0 Å². The van der Waals surface area contributed by atoms with Gasteiger partial charge in [-0.25, -0.2) is 9.48 Å². The summed E-state index contributed by atoms with van der Waals surface area (Å²) in [6.45, 7) is 1.75. The van der Waals surface area contributed by atoms with E-state index in [2.05, 4.69) is 0 Å². The number of para-hydroxylation sites is 1. The van der Waals surface area contributed by atoms with Gasteiger partial charge in [-0.1, -0.05) is 54.3 Å². The lowest BCUT2D eigenvalue weighted by atomic mass is 10.1. The number of esters is 1. The van der Waals surface area contributed by atoms with Crippen LogP contribution in [-0.4, -0.2) is 37.6 Å². The van der Waals surface area contributed by atoms with Crippen LogP contribution in [0.1, 0.15) is 21.6 Å². The first-order chi connectivity index (χ1) is 20.1. The fourth-order valence-corrected chi connectivity index (χ4v) is 5.66. The van der Waals surface area contributed by atoms with Crippen molar-refractivity contribution in [3.05, 3.63) is 115 Å². The normalized spacial score (nSPS) is 14.0. The van der Waals surface area contributed by atoms with E-state index in [0.29, 0.717) is 16.9 Å². The van der Waals surface area contributed by atoms with Gasteiger partial charge in [0.15, 0.2) is 15.8 Å². The molecule has 3 aromatic carbocycles. The fourth-order valence-electron chi connectivity index (χ4n) is 4.39. The zero-order chi connectivity index (χ0) is 30.1. The van der Waals surface area contributed by atoms with Gasteiger partial charge in [-0.3, -0.25) is 29.3 Å². The number of benzene rings is 3. The van der Waals surface area contributed by atoms with Crippen LogP contribution in [0.2, 0.25) is 0 Å². The number of rotatable bonds is 7. The third kappa shape index (κ3) is 5.22. The number of hydrogen-bond acceptors (Lipinski definition) is 9. The van der Waals surface area contributed by atoms with E-state index in [9.17, 15) is 24.5 Å². The first-order valence-corrected chi connectivity index (χ1v) is 13.6. The molecule has 1 aliphatic heterocycles. The summed E-state index contributed by atoms with van der Waals surface area (Å²) in [6.07, 6.45) is 1.60. The van der Waals surface area contributed by atoms with Crippen LogP contribution in [0.3, 0.4) is 0 Å². The number of carbonyl (C=O) groups is 2. The molecule has 0 aliphatic carbocycles. The van der Waals surface area contributed by atoms with Crippen molar-refractivity contribution in [3.63, 3.8) is 0 Å². The highest BCUT2D eigenvalue weighted by Crippen LogP contribution is 2.37. The molecule has 0 unspecified atom stereocenters. The second-order valence-corrected chi connectivity index (χ2v) is 10.7. The number of anilines is 1. The van der Waals surface area contributed by atoms with E-state index in [1.165, 1.54) is 41.0 Å². The van der Waals surface area contributed by atoms with Gasteiger partial charge < -0.3 is 9.47 Å². The highest BCUT2D eigenvalue weighted by molar-refractivity contribution is 8.27. The van der Waals surface area contributed by atoms with Gasteiger partial charge in [-0.05, 0) is 48.9 Å². The number of nitro benzene ring substituents is 1. The van der Waals surface area contributed by atoms with Gasteiger partial charge in [0.05, 0.1) is 33.9 Å². The number of methoxy groups -OCH3 is 1. The number of amides is 1. The summed E-state index contributed by atoms with van der Waals surface area (Å²) in [5, 5.41) is 11.0. The Labute approximate surface area is 248 Å². The molecule has 0 N–H and O–H groups in total. The average Bonchev–Trinajstić information content (AvgIpc) is 3.38. The Balaban J connectivity index is 1.42. The number of carbonyl (C=O) groups excluding carboxylic acids is 2. The number of non-ortho nitro benzene ring substituents is 1. The quantitative estimate of drug-likeness (QED) is 0.0715. The van der Waals surface area contributed by atoms with Crippen molar-refractivity contribution in [2.45, 2.75) is 6.92 Å². The summed E-state index contributed by atoms with van der Waals surface area (Å²) >= 11 is 6.57. The number of nitro groups is 1. The fraction of sp³-hybridized carbons (Fsp3) is 0.103. The van der Waals surface area contributed by atoms with Crippen LogP contribution >= 0.6 is 24.0 Å². The molecule has 1 aliphatic rings. The maximum absolute atomic E-state index is 13.5. The van der Waals surface area contributed by atoms with Gasteiger partial charge in [-0.2, -0.15) is 0 Å². The monoisotopic (exact) mass is 602 g/mol. The minimum absolute atomic E-state index is 0.00142. The van der Waals surface area contributed by atoms with Crippen molar-refractivity contribution in [2.24, 2.45) is 7.05 Å². The maximum atomic E-state index is 13.5. The van der Waals surface area contributed by atoms with Crippen LogP contribution in [-0.2, 0) is 11.8 Å². The molecule has 2 heterocycles. The number of hydrogen-bond donors (Lipinski definition) is 0. The molecule has 42 heavy (non-hydrogen) atoms. The van der Waals surface area contributed by atoms with E-state index in [4.69, 9.17) is 21.7 Å². The predicted molar refractivity (Wildman–Crippen MR) is 162 cm³/mol. The number of thioether (sulfide) groups is 1. The van der Waals surface area contributed by atoms with Crippen molar-refractivity contribution >= 4 is 57.6 Å². The number of nitrogens with zero attached hydrogens (tertiary/aromatic N) is 4. The molecule has 1 fully saturated rings. The number of aromatic nitrogens is 2. The lowest BCUT2D eigenvalue weighted by molar-refractivity contribution is -0.384. The molecule has 212 valence electrons. The predicted octanol–water partition coefficient (Wildman–Crippen LogP) is 5.03. The summed E-state index contributed by atoms with van der Waals surface area (Å²) in [5.74, 6) is -0.969. The molecule has 5 rings (SSSR count). The van der Waals surface area contributed by atoms with Crippen LogP contribution in [0.5, 0.6) is 11.5 Å². The average molecular weight is 603 g/mol. The van der Waals surface area contributed by atoms with Gasteiger partial charge in [0.25, 0.3) is 17.2 Å². The van der Waals surface area contributed by atoms with Crippen LogP contribution in [0.15, 0.2) is 82.5 Å². The topological polar surface area (TPSA) is 126 Å². The third-order valence-electron chi connectivity index (χ3n) is 6.52. The van der Waals surface area contributed by atoms with Gasteiger partial charge >= 0.3 is 5.97 Å². The highest BCUT2D eigenvalue weighted by Gasteiger charge is 2.37. The molecule has 1 saturated heterocycles. The molecular weight excluding hydrogens is 580 g/mol. The van der Waals surface area contributed by atoms with E-state index < -0.39 is 16.8 Å². The smallest absolute Gasteiger partial charge is 0.343 e. The lowest BCUT2D eigenvalue weighted by Crippen LogP contribution is -2.33. The molecule has 0 spiro atoms. The number of ether oxygens (including phenoxy) is 2. The molecule has 0 saturated carbocycles. The first kappa shape index (κ1) is 28.5. The Morgan fingerprint density at radius 1 is 1.02 bits per heavy atom. The third-order valence-corrected chi connectivity index (χ3v) is 7.82. The van der Waals surface area contributed by atoms with Crippen LogP contribution in [0, 0.1) is 17.0 Å². The summed E-state index contributed by atoms with van der Waals surface area (Å²) in [4.78, 5) is 51.6. The summed E-state index contributed by atoms with van der Waals surface area (Å²) in [5.41, 5.74) is 1.32. The van der Waals surface area contributed by atoms with Crippen molar-refractivity contribution in [1.29, 1.82) is 0 Å². The molecule has 0 atom stereocenters. The summed E-state index contributed by atoms with van der Waals surface area (Å²) < 4.78 is 14.2. The van der Waals surface area contributed by atoms with Gasteiger partial charge in [-0.15, -0.1) is 0 Å². The van der Waals surface area contributed by atoms with E-state index in [-0.39, 0.29) is 43.2 Å². The number of thiocarbonyl (C=S) groups is 1. The van der Waals surface area contributed by atoms with E-state index in [1.54, 1.807) is 49.0 Å². The minimum Gasteiger partial charge on any atom is -0.493 e. The Bertz CT molecular complexity index is 1860. The Kier molecular flexibility index (Phi) is 7.79.